The molecule has 0 radical (unpaired) electrons. The highest BCUT2D eigenvalue weighted by atomic mass is 32.1. The number of rotatable bonds is 0. The fourth-order valence-electron chi connectivity index (χ4n) is 1.19. The van der Waals surface area contributed by atoms with Crippen LogP contribution in [0.1, 0.15) is 0 Å². The highest BCUT2D eigenvalue weighted by Gasteiger charge is 2.11. The van der Waals surface area contributed by atoms with Gasteiger partial charge in [0.1, 0.15) is 18.0 Å². The molecule has 1 heterocycles. The van der Waals surface area contributed by atoms with Gasteiger partial charge in [-0.1, -0.05) is 12.1 Å². The number of hydrazine groups is 1. The lowest BCUT2D eigenvalue weighted by Crippen LogP contribution is -2.46. The Morgan fingerprint density at radius 2 is 2.27 bits per heavy atom. The molecule has 5 nitrogen and oxygen atoms in total. The van der Waals surface area contributed by atoms with E-state index < -0.39 is 0 Å². The topological polar surface area (TPSA) is 71.7 Å². The molecule has 0 saturated heterocycles. The van der Waals surface area contributed by atoms with E-state index >= 15 is 0 Å². The van der Waals surface area contributed by atoms with E-state index in [0.717, 1.165) is 11.4 Å². The molecule has 1 aromatic rings. The summed E-state index contributed by atoms with van der Waals surface area (Å²) in [5, 5.41) is 0.163. The maximum absolute atomic E-state index is 5.45. The van der Waals surface area contributed by atoms with E-state index in [0.29, 0.717) is 12.4 Å². The van der Waals surface area contributed by atoms with E-state index in [2.05, 4.69) is 28.1 Å². The van der Waals surface area contributed by atoms with Crippen LogP contribution in [-0.2, 0) is 0 Å². The Kier molecular flexibility index (Phi) is 2.68. The van der Waals surface area contributed by atoms with E-state index in [1.165, 1.54) is 0 Å². The molecule has 4 N–H and O–H groups in total. The first-order chi connectivity index (χ1) is 7.25. The number of benzene rings is 1. The van der Waals surface area contributed by atoms with Crippen molar-refractivity contribution in [2.75, 3.05) is 6.61 Å². The number of hydrogen-bond acceptors (Lipinski definition) is 4. The number of thiocarbonyl (C=S) groups is 1. The van der Waals surface area contributed by atoms with Gasteiger partial charge in [0.2, 0.25) is 0 Å². The van der Waals surface area contributed by atoms with Crippen molar-refractivity contribution in [2.45, 2.75) is 0 Å². The van der Waals surface area contributed by atoms with Crippen LogP contribution in [0.25, 0.3) is 0 Å². The molecule has 6 heteroatoms. The van der Waals surface area contributed by atoms with Crippen molar-refractivity contribution in [3.8, 4) is 5.75 Å². The zero-order valence-corrected chi connectivity index (χ0v) is 8.67. The second-order valence-corrected chi connectivity index (χ2v) is 3.37. The summed E-state index contributed by atoms with van der Waals surface area (Å²) in [6.07, 6.45) is 0. The molecule has 0 atom stereocenters. The number of nitrogens with one attached hydrogen (secondary N) is 2. The number of para-hydroxylation sites is 2. The molecule has 0 amide bonds. The van der Waals surface area contributed by atoms with Gasteiger partial charge in [0.05, 0.1) is 0 Å². The van der Waals surface area contributed by atoms with E-state index in [9.17, 15) is 0 Å². The average molecular weight is 222 g/mol. The fourth-order valence-corrected chi connectivity index (χ4v) is 1.24. The van der Waals surface area contributed by atoms with Crippen molar-refractivity contribution in [1.29, 1.82) is 0 Å². The van der Waals surface area contributed by atoms with Crippen molar-refractivity contribution in [1.82, 2.24) is 10.9 Å². The van der Waals surface area contributed by atoms with Crippen LogP contribution < -0.4 is 21.3 Å². The molecule has 78 valence electrons. The Morgan fingerprint density at radius 1 is 1.47 bits per heavy atom. The number of fused-ring (bicyclic) bond motifs is 1. The molecular weight excluding hydrogens is 212 g/mol. The molecule has 1 aliphatic rings. The molecule has 15 heavy (non-hydrogen) atoms. The van der Waals surface area contributed by atoms with Gasteiger partial charge in [-0.05, 0) is 24.4 Å². The maximum atomic E-state index is 5.45. The Labute approximate surface area is 92.3 Å². The smallest absolute Gasteiger partial charge is 0.182 e. The molecule has 0 saturated carbocycles. The highest BCUT2D eigenvalue weighted by Crippen LogP contribution is 2.29. The van der Waals surface area contributed by atoms with E-state index in [1.807, 2.05) is 24.3 Å². The molecule has 0 aliphatic carbocycles. The number of aliphatic imine (C=N–C) groups is 1. The number of amidine groups is 1. The average Bonchev–Trinajstić information content (AvgIpc) is 2.26. The van der Waals surface area contributed by atoms with Crippen LogP contribution >= 0.6 is 12.2 Å². The number of ether oxygens (including phenoxy) is 1. The van der Waals surface area contributed by atoms with Crippen LogP contribution in [0.5, 0.6) is 5.75 Å². The van der Waals surface area contributed by atoms with Gasteiger partial charge in [0, 0.05) is 0 Å². The third-order valence-electron chi connectivity index (χ3n) is 1.82. The molecule has 1 aliphatic heterocycles. The first kappa shape index (κ1) is 9.72. The molecule has 0 bridgehead atoms. The standard InChI is InChI=1S/C9H10N4OS/c10-9(15)13-12-8-5-14-7-4-2-1-3-6(7)11-8/h1-4H,5H2,(H,11,12)(H3,10,13,15). The lowest BCUT2D eigenvalue weighted by molar-refractivity contribution is 0.366. The lowest BCUT2D eigenvalue weighted by Gasteiger charge is -2.17. The Bertz CT molecular complexity index is 418. The lowest BCUT2D eigenvalue weighted by atomic mass is 10.3. The largest absolute Gasteiger partial charge is 0.483 e. The van der Waals surface area contributed by atoms with Gasteiger partial charge < -0.3 is 10.5 Å². The van der Waals surface area contributed by atoms with Crippen molar-refractivity contribution in [3.63, 3.8) is 0 Å². The quantitative estimate of drug-likeness (QED) is 0.439. The second kappa shape index (κ2) is 4.14. The van der Waals surface area contributed by atoms with Gasteiger partial charge in [-0.25, -0.2) is 4.99 Å². The summed E-state index contributed by atoms with van der Waals surface area (Å²) in [6, 6.07) is 7.54. The maximum Gasteiger partial charge on any atom is 0.182 e. The monoisotopic (exact) mass is 222 g/mol. The van der Waals surface area contributed by atoms with Gasteiger partial charge in [-0.3, -0.25) is 10.9 Å². The SMILES string of the molecule is NC(=S)NNC1=Nc2ccccc2OC1. The molecule has 0 spiro atoms. The van der Waals surface area contributed by atoms with Crippen LogP contribution in [0.15, 0.2) is 29.3 Å². The first-order valence-corrected chi connectivity index (χ1v) is 4.77. The third-order valence-corrected chi connectivity index (χ3v) is 1.92. The highest BCUT2D eigenvalue weighted by molar-refractivity contribution is 7.80. The Morgan fingerprint density at radius 3 is 3.07 bits per heavy atom. The van der Waals surface area contributed by atoms with E-state index in [-0.39, 0.29) is 5.11 Å². The normalized spacial score (nSPS) is 13.2. The van der Waals surface area contributed by atoms with Gasteiger partial charge in [0.15, 0.2) is 10.9 Å². The Balaban J connectivity index is 2.11. The van der Waals surface area contributed by atoms with Crippen LogP contribution in [0.4, 0.5) is 5.69 Å². The Hall–Kier alpha value is -1.82. The summed E-state index contributed by atoms with van der Waals surface area (Å²) >= 11 is 4.65. The molecule has 1 aromatic carbocycles. The van der Waals surface area contributed by atoms with Crippen LogP contribution in [0, 0.1) is 0 Å². The van der Waals surface area contributed by atoms with Gasteiger partial charge >= 0.3 is 0 Å². The van der Waals surface area contributed by atoms with Crippen molar-refractivity contribution in [2.24, 2.45) is 10.7 Å². The van der Waals surface area contributed by atoms with Crippen molar-refractivity contribution >= 4 is 28.9 Å². The van der Waals surface area contributed by atoms with Crippen LogP contribution in [-0.4, -0.2) is 17.6 Å². The van der Waals surface area contributed by atoms with Crippen LogP contribution in [0.2, 0.25) is 0 Å². The van der Waals surface area contributed by atoms with E-state index in [4.69, 9.17) is 10.5 Å². The summed E-state index contributed by atoms with van der Waals surface area (Å²) in [7, 11) is 0. The summed E-state index contributed by atoms with van der Waals surface area (Å²) < 4.78 is 5.45. The summed E-state index contributed by atoms with van der Waals surface area (Å²) in [4.78, 5) is 4.32. The molecule has 0 fully saturated rings. The third kappa shape index (κ3) is 2.35. The zero-order valence-electron chi connectivity index (χ0n) is 7.86. The fraction of sp³-hybridized carbons (Fsp3) is 0.111. The molecule has 2 rings (SSSR count). The predicted octanol–water partition coefficient (Wildman–Crippen LogP) is 0.447. The minimum absolute atomic E-state index is 0.163. The van der Waals surface area contributed by atoms with Crippen molar-refractivity contribution in [3.05, 3.63) is 24.3 Å². The number of hydrogen-bond donors (Lipinski definition) is 3. The number of nitrogens with two attached hydrogens (primary N) is 1. The summed E-state index contributed by atoms with van der Waals surface area (Å²) in [5.74, 6) is 1.42. The minimum Gasteiger partial charge on any atom is -0.483 e. The summed E-state index contributed by atoms with van der Waals surface area (Å²) in [5.41, 5.74) is 11.4. The first-order valence-electron chi connectivity index (χ1n) is 4.36. The molecule has 0 unspecified atom stereocenters. The zero-order chi connectivity index (χ0) is 10.7. The summed E-state index contributed by atoms with van der Waals surface area (Å²) in [6.45, 7) is 0.368. The van der Waals surface area contributed by atoms with Gasteiger partial charge in [-0.2, -0.15) is 0 Å². The molecular formula is C9H10N4OS. The molecule has 0 aromatic heterocycles. The number of nitrogens with zero attached hydrogens (tertiary/aromatic N) is 1. The minimum atomic E-state index is 0.163. The van der Waals surface area contributed by atoms with Gasteiger partial charge in [0.25, 0.3) is 0 Å². The van der Waals surface area contributed by atoms with Gasteiger partial charge in [-0.15, -0.1) is 0 Å². The van der Waals surface area contributed by atoms with Crippen LogP contribution in [0.3, 0.4) is 0 Å². The second-order valence-electron chi connectivity index (χ2n) is 2.93. The predicted molar refractivity (Wildman–Crippen MR) is 62.1 cm³/mol. The van der Waals surface area contributed by atoms with E-state index in [1.54, 1.807) is 0 Å². The van der Waals surface area contributed by atoms with Crippen molar-refractivity contribution < 1.29 is 4.74 Å².